The molecule has 0 aromatic carbocycles. The minimum Gasteiger partial charge on any atom is -0.448 e. The molecule has 0 N–H and O–H groups in total. The fourth-order valence-corrected chi connectivity index (χ4v) is 1.52. The van der Waals surface area contributed by atoms with Gasteiger partial charge in [0.15, 0.2) is 0 Å². The molecule has 0 bridgehead atoms. The predicted molar refractivity (Wildman–Crippen MR) is 71.3 cm³/mol. The Kier molecular flexibility index (Phi) is 11.8. The normalized spacial score (nSPS) is 10.4. The molecule has 0 radical (unpaired) electrons. The van der Waals surface area contributed by atoms with Crippen molar-refractivity contribution in [3.05, 3.63) is 0 Å². The molecule has 3 nitrogen and oxygen atoms in total. The zero-order chi connectivity index (χ0) is 12.8. The lowest BCUT2D eigenvalue weighted by Crippen LogP contribution is -2.00. The van der Waals surface area contributed by atoms with E-state index in [-0.39, 0.29) is 0 Å². The SMILES string of the molecule is C#CCCCCCCCCCOC(=O)N=CC. The number of aliphatic imine (C=N–C) groups is 1. The lowest BCUT2D eigenvalue weighted by molar-refractivity contribution is 0.155. The first-order chi connectivity index (χ1) is 8.31. The van der Waals surface area contributed by atoms with Crippen molar-refractivity contribution in [3.63, 3.8) is 0 Å². The van der Waals surface area contributed by atoms with Gasteiger partial charge in [0, 0.05) is 12.6 Å². The van der Waals surface area contributed by atoms with E-state index in [1.807, 2.05) is 0 Å². The molecule has 1 amide bonds. The van der Waals surface area contributed by atoms with Crippen LogP contribution in [0.5, 0.6) is 0 Å². The van der Waals surface area contributed by atoms with Crippen molar-refractivity contribution >= 4 is 12.3 Å². The molecular formula is C14H23NO2. The van der Waals surface area contributed by atoms with Crippen LogP contribution in [0.1, 0.15) is 58.3 Å². The van der Waals surface area contributed by atoms with E-state index in [0.717, 1.165) is 25.7 Å². The van der Waals surface area contributed by atoms with Crippen LogP contribution >= 0.6 is 0 Å². The maximum absolute atomic E-state index is 10.8. The molecule has 0 aliphatic carbocycles. The first kappa shape index (κ1) is 15.7. The van der Waals surface area contributed by atoms with Gasteiger partial charge in [-0.2, -0.15) is 4.99 Å². The van der Waals surface area contributed by atoms with Gasteiger partial charge in [0.2, 0.25) is 0 Å². The number of carbonyl (C=O) groups is 1. The largest absolute Gasteiger partial charge is 0.448 e. The third-order valence-corrected chi connectivity index (χ3v) is 2.43. The Balaban J connectivity index is 3.09. The van der Waals surface area contributed by atoms with E-state index < -0.39 is 6.09 Å². The topological polar surface area (TPSA) is 38.7 Å². The van der Waals surface area contributed by atoms with Crippen LogP contribution in [0.15, 0.2) is 4.99 Å². The zero-order valence-electron chi connectivity index (χ0n) is 10.8. The molecule has 96 valence electrons. The van der Waals surface area contributed by atoms with Gasteiger partial charge in [-0.05, 0) is 19.8 Å². The second-order valence-corrected chi connectivity index (χ2v) is 3.93. The van der Waals surface area contributed by atoms with Crippen LogP contribution in [0, 0.1) is 12.3 Å². The number of hydrogen-bond acceptors (Lipinski definition) is 2. The van der Waals surface area contributed by atoms with Crippen LogP contribution in [-0.4, -0.2) is 18.9 Å². The lowest BCUT2D eigenvalue weighted by atomic mass is 10.1. The van der Waals surface area contributed by atoms with Crippen molar-refractivity contribution in [2.45, 2.75) is 58.3 Å². The first-order valence-electron chi connectivity index (χ1n) is 6.40. The van der Waals surface area contributed by atoms with Gasteiger partial charge in [0.1, 0.15) is 0 Å². The molecule has 0 aliphatic rings. The highest BCUT2D eigenvalue weighted by atomic mass is 16.5. The van der Waals surface area contributed by atoms with Gasteiger partial charge in [0.25, 0.3) is 0 Å². The van der Waals surface area contributed by atoms with Crippen molar-refractivity contribution in [3.8, 4) is 12.3 Å². The highest BCUT2D eigenvalue weighted by Gasteiger charge is 1.97. The Labute approximate surface area is 105 Å². The van der Waals surface area contributed by atoms with E-state index >= 15 is 0 Å². The van der Waals surface area contributed by atoms with Gasteiger partial charge in [-0.1, -0.05) is 32.1 Å². The third-order valence-electron chi connectivity index (χ3n) is 2.43. The van der Waals surface area contributed by atoms with Crippen LogP contribution in [-0.2, 0) is 4.74 Å². The fourth-order valence-electron chi connectivity index (χ4n) is 1.52. The molecule has 0 aliphatic heterocycles. The summed E-state index contributed by atoms with van der Waals surface area (Å²) in [5.74, 6) is 2.65. The highest BCUT2D eigenvalue weighted by molar-refractivity contribution is 5.78. The molecule has 0 saturated heterocycles. The molecule has 3 heteroatoms. The second kappa shape index (κ2) is 12.8. The quantitative estimate of drug-likeness (QED) is 0.346. The van der Waals surface area contributed by atoms with Crippen molar-refractivity contribution < 1.29 is 9.53 Å². The zero-order valence-corrected chi connectivity index (χ0v) is 10.8. The number of rotatable bonds is 9. The molecule has 17 heavy (non-hydrogen) atoms. The van der Waals surface area contributed by atoms with E-state index in [9.17, 15) is 4.79 Å². The number of carbonyl (C=O) groups excluding carboxylic acids is 1. The first-order valence-corrected chi connectivity index (χ1v) is 6.40. The Morgan fingerprint density at radius 3 is 2.35 bits per heavy atom. The molecule has 0 heterocycles. The number of terminal acetylenes is 1. The summed E-state index contributed by atoms with van der Waals surface area (Å²) in [7, 11) is 0. The van der Waals surface area contributed by atoms with Crippen molar-refractivity contribution in [1.29, 1.82) is 0 Å². The fraction of sp³-hybridized carbons (Fsp3) is 0.714. The Morgan fingerprint density at radius 1 is 1.18 bits per heavy atom. The summed E-state index contributed by atoms with van der Waals surface area (Å²) in [6.45, 7) is 2.18. The van der Waals surface area contributed by atoms with Crippen LogP contribution < -0.4 is 0 Å². The van der Waals surface area contributed by atoms with Crippen molar-refractivity contribution in [2.24, 2.45) is 4.99 Å². The van der Waals surface area contributed by atoms with Crippen molar-refractivity contribution in [2.75, 3.05) is 6.61 Å². The Morgan fingerprint density at radius 2 is 1.76 bits per heavy atom. The summed E-state index contributed by atoms with van der Waals surface area (Å²) in [4.78, 5) is 14.3. The summed E-state index contributed by atoms with van der Waals surface area (Å²) in [6, 6.07) is 0. The van der Waals surface area contributed by atoms with Crippen LogP contribution in [0.4, 0.5) is 4.79 Å². The van der Waals surface area contributed by atoms with E-state index in [0.29, 0.717) is 6.61 Å². The van der Waals surface area contributed by atoms with E-state index in [1.165, 1.54) is 31.9 Å². The average Bonchev–Trinajstić information content (AvgIpc) is 2.32. The molecule has 0 atom stereocenters. The molecule has 0 aromatic heterocycles. The van der Waals surface area contributed by atoms with Crippen LogP contribution in [0.3, 0.4) is 0 Å². The molecule has 0 rings (SSSR count). The summed E-state index contributed by atoms with van der Waals surface area (Å²) in [6.07, 6.45) is 15.1. The molecule has 0 fully saturated rings. The summed E-state index contributed by atoms with van der Waals surface area (Å²) in [5.41, 5.74) is 0. The monoisotopic (exact) mass is 237 g/mol. The van der Waals surface area contributed by atoms with Gasteiger partial charge in [-0.25, -0.2) is 4.79 Å². The van der Waals surface area contributed by atoms with Crippen molar-refractivity contribution in [1.82, 2.24) is 0 Å². The molecule has 0 saturated carbocycles. The van der Waals surface area contributed by atoms with Gasteiger partial charge < -0.3 is 4.74 Å². The second-order valence-electron chi connectivity index (χ2n) is 3.93. The minimum absolute atomic E-state index is 0.479. The number of ether oxygens (including phenoxy) is 1. The summed E-state index contributed by atoms with van der Waals surface area (Å²) < 4.78 is 4.88. The summed E-state index contributed by atoms with van der Waals surface area (Å²) >= 11 is 0. The molecule has 0 aromatic rings. The van der Waals surface area contributed by atoms with E-state index in [4.69, 9.17) is 11.2 Å². The van der Waals surface area contributed by atoms with Gasteiger partial charge >= 0.3 is 6.09 Å². The molecule has 0 unspecified atom stereocenters. The van der Waals surface area contributed by atoms with Crippen LogP contribution in [0.2, 0.25) is 0 Å². The predicted octanol–water partition coefficient (Wildman–Crippen LogP) is 3.97. The number of unbranched alkanes of at least 4 members (excludes halogenated alkanes) is 7. The van der Waals surface area contributed by atoms with E-state index in [2.05, 4.69) is 10.9 Å². The highest BCUT2D eigenvalue weighted by Crippen LogP contribution is 2.08. The number of nitrogens with zero attached hydrogens (tertiary/aromatic N) is 1. The number of hydrogen-bond donors (Lipinski definition) is 0. The Hall–Kier alpha value is -1.30. The smallest absolute Gasteiger partial charge is 0.433 e. The standard InChI is InChI=1S/C14H23NO2/c1-3-5-6-7-8-9-10-11-12-13-17-14(16)15-4-2/h1,4H,5-13H2,2H3. The average molecular weight is 237 g/mol. The maximum Gasteiger partial charge on any atom is 0.433 e. The van der Waals surface area contributed by atoms with Gasteiger partial charge in [-0.15, -0.1) is 12.3 Å². The minimum atomic E-state index is -0.484. The third kappa shape index (κ3) is 12.6. The lowest BCUT2D eigenvalue weighted by Gasteiger charge is -2.02. The molecule has 0 spiro atoms. The van der Waals surface area contributed by atoms with Gasteiger partial charge in [0.05, 0.1) is 6.61 Å². The number of amides is 1. The van der Waals surface area contributed by atoms with E-state index in [1.54, 1.807) is 6.92 Å². The summed E-state index contributed by atoms with van der Waals surface area (Å²) in [5, 5.41) is 0. The van der Waals surface area contributed by atoms with Gasteiger partial charge in [-0.3, -0.25) is 0 Å². The Bertz CT molecular complexity index is 253. The molecular weight excluding hydrogens is 214 g/mol. The maximum atomic E-state index is 10.8. The van der Waals surface area contributed by atoms with Crippen LogP contribution in [0.25, 0.3) is 0 Å².